The zero-order valence-electron chi connectivity index (χ0n) is 11.1. The van der Waals surface area contributed by atoms with E-state index in [1.165, 1.54) is 19.3 Å². The molecular weight excluding hydrogens is 232 g/mol. The lowest BCUT2D eigenvalue weighted by Gasteiger charge is -2.23. The normalized spacial score (nSPS) is 22.1. The van der Waals surface area contributed by atoms with Crippen LogP contribution in [0.3, 0.4) is 0 Å². The van der Waals surface area contributed by atoms with Gasteiger partial charge in [0.05, 0.1) is 0 Å². The lowest BCUT2D eigenvalue weighted by Crippen LogP contribution is -2.38. The van der Waals surface area contributed by atoms with Gasteiger partial charge in [-0.3, -0.25) is 4.79 Å². The molecule has 2 unspecified atom stereocenters. The van der Waals surface area contributed by atoms with Crippen LogP contribution in [0.5, 0.6) is 0 Å². The molecule has 3 nitrogen and oxygen atoms in total. The van der Waals surface area contributed by atoms with Crippen molar-refractivity contribution >= 4 is 17.7 Å². The molecule has 100 valence electrons. The monoisotopic (exact) mass is 258 g/mol. The van der Waals surface area contributed by atoms with E-state index in [0.717, 1.165) is 25.1 Å². The van der Waals surface area contributed by atoms with Crippen LogP contribution in [0.1, 0.15) is 45.4 Å². The summed E-state index contributed by atoms with van der Waals surface area (Å²) in [6.07, 6.45) is 8.59. The van der Waals surface area contributed by atoms with Crippen LogP contribution in [0.2, 0.25) is 0 Å². The van der Waals surface area contributed by atoms with E-state index in [1.54, 1.807) is 11.8 Å². The van der Waals surface area contributed by atoms with Crippen LogP contribution in [0.15, 0.2) is 0 Å². The molecule has 1 aliphatic heterocycles. The number of carbonyl (C=O) groups is 1. The summed E-state index contributed by atoms with van der Waals surface area (Å²) >= 11 is 1.80. The molecule has 1 rings (SSSR count). The molecule has 4 heteroatoms. The van der Waals surface area contributed by atoms with E-state index in [9.17, 15) is 4.79 Å². The van der Waals surface area contributed by atoms with Crippen molar-refractivity contribution in [1.29, 1.82) is 0 Å². The maximum atomic E-state index is 11.8. The van der Waals surface area contributed by atoms with Crippen molar-refractivity contribution in [3.8, 4) is 0 Å². The van der Waals surface area contributed by atoms with Gasteiger partial charge in [-0.15, -0.1) is 0 Å². The van der Waals surface area contributed by atoms with Gasteiger partial charge in [0.1, 0.15) is 0 Å². The molecule has 1 heterocycles. The minimum atomic E-state index is 0.221. The fraction of sp³-hybridized carbons (Fsp3) is 0.923. The molecule has 0 bridgehead atoms. The van der Waals surface area contributed by atoms with Crippen LogP contribution in [-0.4, -0.2) is 36.5 Å². The maximum absolute atomic E-state index is 11.8. The fourth-order valence-electron chi connectivity index (χ4n) is 2.24. The first kappa shape index (κ1) is 14.8. The third kappa shape index (κ3) is 6.32. The lowest BCUT2D eigenvalue weighted by atomic mass is 10.0. The molecule has 1 fully saturated rings. The largest absolute Gasteiger partial charge is 0.353 e. The van der Waals surface area contributed by atoms with Gasteiger partial charge in [0.2, 0.25) is 5.91 Å². The number of amides is 1. The van der Waals surface area contributed by atoms with Gasteiger partial charge in [0, 0.05) is 24.3 Å². The number of piperidine rings is 1. The van der Waals surface area contributed by atoms with Gasteiger partial charge in [-0.05, 0) is 38.5 Å². The first-order chi connectivity index (χ1) is 8.26. The molecule has 2 N–H and O–H groups in total. The van der Waals surface area contributed by atoms with Gasteiger partial charge >= 0.3 is 0 Å². The van der Waals surface area contributed by atoms with E-state index in [1.807, 2.05) is 0 Å². The van der Waals surface area contributed by atoms with E-state index in [0.29, 0.717) is 18.5 Å². The van der Waals surface area contributed by atoms with Crippen LogP contribution < -0.4 is 10.6 Å². The van der Waals surface area contributed by atoms with Crippen LogP contribution >= 0.6 is 11.8 Å². The third-order valence-corrected chi connectivity index (χ3v) is 4.09. The van der Waals surface area contributed by atoms with Gasteiger partial charge in [-0.2, -0.15) is 11.8 Å². The molecule has 0 aromatic carbocycles. The number of hydrogen-bond acceptors (Lipinski definition) is 3. The van der Waals surface area contributed by atoms with Gasteiger partial charge < -0.3 is 10.6 Å². The Morgan fingerprint density at radius 2 is 2.35 bits per heavy atom. The zero-order chi connectivity index (χ0) is 12.5. The number of thioether (sulfide) groups is 1. The maximum Gasteiger partial charge on any atom is 0.220 e. The summed E-state index contributed by atoms with van der Waals surface area (Å²) in [6.45, 7) is 3.25. The smallest absolute Gasteiger partial charge is 0.220 e. The second-order valence-electron chi connectivity index (χ2n) is 4.81. The number of nitrogens with one attached hydrogen (secondary N) is 2. The van der Waals surface area contributed by atoms with E-state index < -0.39 is 0 Å². The Labute approximate surface area is 109 Å². The quantitative estimate of drug-likeness (QED) is 0.735. The highest BCUT2D eigenvalue weighted by Gasteiger charge is 2.15. The van der Waals surface area contributed by atoms with E-state index in [2.05, 4.69) is 23.8 Å². The molecule has 0 aromatic heterocycles. The van der Waals surface area contributed by atoms with E-state index in [-0.39, 0.29) is 5.91 Å². The summed E-state index contributed by atoms with van der Waals surface area (Å²) in [7, 11) is 0. The first-order valence-corrected chi connectivity index (χ1v) is 8.17. The summed E-state index contributed by atoms with van der Waals surface area (Å²) in [5.41, 5.74) is 0. The molecule has 17 heavy (non-hydrogen) atoms. The van der Waals surface area contributed by atoms with Crippen molar-refractivity contribution < 1.29 is 4.79 Å². The molecule has 0 radical (unpaired) electrons. The number of carbonyl (C=O) groups excluding carboxylic acids is 1. The van der Waals surface area contributed by atoms with Gasteiger partial charge in [-0.1, -0.05) is 13.3 Å². The summed E-state index contributed by atoms with van der Waals surface area (Å²) < 4.78 is 0. The van der Waals surface area contributed by atoms with Crippen LogP contribution in [0.25, 0.3) is 0 Å². The highest BCUT2D eigenvalue weighted by Crippen LogP contribution is 2.11. The Morgan fingerprint density at radius 3 is 2.94 bits per heavy atom. The molecule has 0 spiro atoms. The van der Waals surface area contributed by atoms with Crippen LogP contribution in [0, 0.1) is 0 Å². The third-order valence-electron chi connectivity index (χ3n) is 3.36. The second-order valence-corrected chi connectivity index (χ2v) is 5.72. The van der Waals surface area contributed by atoms with E-state index >= 15 is 0 Å². The first-order valence-electron chi connectivity index (χ1n) is 6.78. The summed E-state index contributed by atoms with van der Waals surface area (Å²) in [6, 6.07) is 0.909. The predicted molar refractivity (Wildman–Crippen MR) is 75.5 cm³/mol. The SMILES string of the molecule is CCC(CSC)NC(=O)CCC1CCCCN1. The Morgan fingerprint density at radius 1 is 1.53 bits per heavy atom. The van der Waals surface area contributed by atoms with Crippen molar-refractivity contribution in [1.82, 2.24) is 10.6 Å². The number of hydrogen-bond donors (Lipinski definition) is 2. The summed E-state index contributed by atoms with van der Waals surface area (Å²) in [5, 5.41) is 6.60. The predicted octanol–water partition coefficient (Wildman–Crippen LogP) is 2.17. The molecule has 2 atom stereocenters. The van der Waals surface area contributed by atoms with Crippen molar-refractivity contribution in [2.24, 2.45) is 0 Å². The van der Waals surface area contributed by atoms with Crippen molar-refractivity contribution in [3.63, 3.8) is 0 Å². The second kappa shape index (κ2) is 8.81. The summed E-state index contributed by atoms with van der Waals surface area (Å²) in [4.78, 5) is 11.8. The fourth-order valence-corrected chi connectivity index (χ4v) is 2.96. The van der Waals surface area contributed by atoms with Gasteiger partial charge in [0.25, 0.3) is 0 Å². The Hall–Kier alpha value is -0.220. The Kier molecular flexibility index (Phi) is 7.69. The molecular formula is C13H26N2OS. The molecule has 0 aromatic rings. The van der Waals surface area contributed by atoms with Crippen LogP contribution in [0.4, 0.5) is 0 Å². The van der Waals surface area contributed by atoms with Gasteiger partial charge in [0.15, 0.2) is 0 Å². The van der Waals surface area contributed by atoms with Crippen LogP contribution in [-0.2, 0) is 4.79 Å². The molecule has 1 saturated heterocycles. The standard InChI is InChI=1S/C13H26N2OS/c1-3-11(10-17-2)15-13(16)8-7-12-6-4-5-9-14-12/h11-12,14H,3-10H2,1-2H3,(H,15,16). The highest BCUT2D eigenvalue weighted by atomic mass is 32.2. The zero-order valence-corrected chi connectivity index (χ0v) is 11.9. The molecule has 0 saturated carbocycles. The topological polar surface area (TPSA) is 41.1 Å². The van der Waals surface area contributed by atoms with Crippen molar-refractivity contribution in [3.05, 3.63) is 0 Å². The lowest BCUT2D eigenvalue weighted by molar-refractivity contribution is -0.121. The van der Waals surface area contributed by atoms with E-state index in [4.69, 9.17) is 0 Å². The van der Waals surface area contributed by atoms with Crippen molar-refractivity contribution in [2.75, 3.05) is 18.6 Å². The minimum Gasteiger partial charge on any atom is -0.353 e. The summed E-state index contributed by atoms with van der Waals surface area (Å²) in [5.74, 6) is 1.24. The van der Waals surface area contributed by atoms with Crippen molar-refractivity contribution in [2.45, 2.75) is 57.5 Å². The minimum absolute atomic E-state index is 0.221. The average Bonchev–Trinajstić information content (AvgIpc) is 2.37. The average molecular weight is 258 g/mol. The Balaban J connectivity index is 2.14. The highest BCUT2D eigenvalue weighted by molar-refractivity contribution is 7.98. The molecule has 1 amide bonds. The molecule has 0 aliphatic carbocycles. The number of rotatable bonds is 7. The van der Waals surface area contributed by atoms with Gasteiger partial charge in [-0.25, -0.2) is 0 Å². The Bertz CT molecular complexity index is 217. The molecule has 1 aliphatic rings.